The van der Waals surface area contributed by atoms with Crippen LogP contribution < -0.4 is 10.1 Å². The Morgan fingerprint density at radius 1 is 1.37 bits per heavy atom. The third-order valence-electron chi connectivity index (χ3n) is 2.63. The largest absolute Gasteiger partial charge is 0.496 e. The highest BCUT2D eigenvalue weighted by Crippen LogP contribution is 2.19. The maximum absolute atomic E-state index is 12.0. The van der Waals surface area contributed by atoms with Gasteiger partial charge in [-0.1, -0.05) is 11.6 Å². The summed E-state index contributed by atoms with van der Waals surface area (Å²) in [6.07, 6.45) is -1.20. The molecule has 0 aliphatic heterocycles. The molecule has 2 atom stereocenters. The number of aliphatic carboxylic acids is 1. The number of aliphatic hydroxyl groups excluding tert-OH is 1. The number of methoxy groups -OCH3 is 1. The number of nitrogens with one attached hydrogen (secondary N) is 1. The number of amides is 1. The zero-order valence-electron chi connectivity index (χ0n) is 11.0. The highest BCUT2D eigenvalue weighted by molar-refractivity contribution is 5.99. The fourth-order valence-electron chi connectivity index (χ4n) is 1.61. The third-order valence-corrected chi connectivity index (χ3v) is 2.63. The SMILES string of the molecule is COc1ccc(C)cc1C(=O)NC(C(=O)O)C(C)O. The molecule has 0 bridgehead atoms. The molecule has 6 nitrogen and oxygen atoms in total. The number of aryl methyl sites for hydroxylation is 1. The summed E-state index contributed by atoms with van der Waals surface area (Å²) in [7, 11) is 1.42. The van der Waals surface area contributed by atoms with Crippen molar-refractivity contribution in [2.24, 2.45) is 0 Å². The molecule has 0 aliphatic rings. The molecule has 1 aromatic rings. The quantitative estimate of drug-likeness (QED) is 0.724. The maximum atomic E-state index is 12.0. The number of rotatable bonds is 5. The number of aliphatic hydroxyl groups is 1. The van der Waals surface area contributed by atoms with Crippen LogP contribution in [0.1, 0.15) is 22.8 Å². The van der Waals surface area contributed by atoms with Crippen LogP contribution in [-0.4, -0.2) is 41.3 Å². The van der Waals surface area contributed by atoms with Gasteiger partial charge in [0.15, 0.2) is 6.04 Å². The van der Waals surface area contributed by atoms with Gasteiger partial charge in [0.25, 0.3) is 5.91 Å². The average molecular weight is 267 g/mol. The topological polar surface area (TPSA) is 95.9 Å². The lowest BCUT2D eigenvalue weighted by molar-refractivity contribution is -0.141. The van der Waals surface area contributed by atoms with Crippen molar-refractivity contribution < 1.29 is 24.5 Å². The summed E-state index contributed by atoms with van der Waals surface area (Å²) in [5.74, 6) is -1.55. The van der Waals surface area contributed by atoms with E-state index >= 15 is 0 Å². The Kier molecular flexibility index (Phi) is 4.88. The third kappa shape index (κ3) is 3.69. The van der Waals surface area contributed by atoms with Crippen molar-refractivity contribution in [3.05, 3.63) is 29.3 Å². The second-order valence-corrected chi connectivity index (χ2v) is 4.23. The number of carbonyl (C=O) groups excluding carboxylic acids is 1. The van der Waals surface area contributed by atoms with Crippen LogP contribution in [0.15, 0.2) is 18.2 Å². The van der Waals surface area contributed by atoms with Gasteiger partial charge in [-0.25, -0.2) is 4.79 Å². The van der Waals surface area contributed by atoms with E-state index in [1.807, 2.05) is 0 Å². The summed E-state index contributed by atoms with van der Waals surface area (Å²) in [6, 6.07) is 3.63. The van der Waals surface area contributed by atoms with Crippen LogP contribution in [0.5, 0.6) is 5.75 Å². The van der Waals surface area contributed by atoms with Crippen molar-refractivity contribution >= 4 is 11.9 Å². The molecule has 0 spiro atoms. The Bertz CT molecular complexity index is 484. The standard InChI is InChI=1S/C13H17NO5/c1-7-4-5-10(19-3)9(6-7)12(16)14-11(8(2)15)13(17)18/h4-6,8,11,15H,1-3H3,(H,14,16)(H,17,18). The number of hydrogen-bond acceptors (Lipinski definition) is 4. The van der Waals surface area contributed by atoms with E-state index in [0.29, 0.717) is 5.75 Å². The van der Waals surface area contributed by atoms with Gasteiger partial charge in [0, 0.05) is 0 Å². The van der Waals surface area contributed by atoms with E-state index in [1.165, 1.54) is 14.0 Å². The summed E-state index contributed by atoms with van der Waals surface area (Å²) < 4.78 is 5.05. The number of carboxylic acids is 1. The molecule has 3 N–H and O–H groups in total. The van der Waals surface area contributed by atoms with Gasteiger partial charge in [-0.3, -0.25) is 4.79 Å². The minimum absolute atomic E-state index is 0.231. The molecule has 104 valence electrons. The Balaban J connectivity index is 3.00. The first-order valence-electron chi connectivity index (χ1n) is 5.73. The molecule has 1 aromatic carbocycles. The lowest BCUT2D eigenvalue weighted by atomic mass is 10.1. The van der Waals surface area contributed by atoms with Crippen molar-refractivity contribution in [2.45, 2.75) is 26.0 Å². The predicted molar refractivity (Wildman–Crippen MR) is 68.3 cm³/mol. The zero-order valence-corrected chi connectivity index (χ0v) is 11.0. The summed E-state index contributed by atoms with van der Waals surface area (Å²) >= 11 is 0. The highest BCUT2D eigenvalue weighted by atomic mass is 16.5. The van der Waals surface area contributed by atoms with Gasteiger partial charge in [-0.05, 0) is 26.0 Å². The summed E-state index contributed by atoms with van der Waals surface area (Å²) in [4.78, 5) is 23.0. The van der Waals surface area contributed by atoms with E-state index in [-0.39, 0.29) is 5.56 Å². The van der Waals surface area contributed by atoms with Gasteiger partial charge in [-0.2, -0.15) is 0 Å². The number of benzene rings is 1. The molecule has 0 heterocycles. The van der Waals surface area contributed by atoms with Gasteiger partial charge in [0.2, 0.25) is 0 Å². The Morgan fingerprint density at radius 3 is 2.47 bits per heavy atom. The minimum Gasteiger partial charge on any atom is -0.496 e. The first-order valence-corrected chi connectivity index (χ1v) is 5.73. The van der Waals surface area contributed by atoms with Crippen molar-refractivity contribution in [3.8, 4) is 5.75 Å². The summed E-state index contributed by atoms with van der Waals surface area (Å²) in [6.45, 7) is 3.10. The molecule has 0 radical (unpaired) electrons. The number of carboxylic acid groups (broad SMARTS) is 1. The Morgan fingerprint density at radius 2 is 2.00 bits per heavy atom. The Hall–Kier alpha value is -2.08. The van der Waals surface area contributed by atoms with E-state index in [4.69, 9.17) is 9.84 Å². The monoisotopic (exact) mass is 267 g/mol. The van der Waals surface area contributed by atoms with Crippen molar-refractivity contribution in [1.29, 1.82) is 0 Å². The molecule has 1 amide bonds. The molecule has 2 unspecified atom stereocenters. The van der Waals surface area contributed by atoms with E-state index in [9.17, 15) is 14.7 Å². The molecule has 1 rings (SSSR count). The minimum atomic E-state index is -1.36. The lowest BCUT2D eigenvalue weighted by Crippen LogP contribution is -2.47. The van der Waals surface area contributed by atoms with E-state index < -0.39 is 24.0 Å². The molecular formula is C13H17NO5. The molecule has 0 fully saturated rings. The van der Waals surface area contributed by atoms with Crippen molar-refractivity contribution in [2.75, 3.05) is 7.11 Å². The number of ether oxygens (including phenoxy) is 1. The summed E-state index contributed by atoms with van der Waals surface area (Å²) in [5, 5.41) is 20.5. The smallest absolute Gasteiger partial charge is 0.328 e. The Labute approximate surface area is 111 Å². The molecule has 0 aromatic heterocycles. The zero-order chi connectivity index (χ0) is 14.6. The maximum Gasteiger partial charge on any atom is 0.328 e. The van der Waals surface area contributed by atoms with E-state index in [0.717, 1.165) is 5.56 Å². The first-order chi connectivity index (χ1) is 8.86. The van der Waals surface area contributed by atoms with Crippen LogP contribution in [0.4, 0.5) is 0 Å². The molecule has 0 saturated heterocycles. The number of carbonyl (C=O) groups is 2. The fraction of sp³-hybridized carbons (Fsp3) is 0.385. The van der Waals surface area contributed by atoms with Crippen molar-refractivity contribution in [3.63, 3.8) is 0 Å². The van der Waals surface area contributed by atoms with Gasteiger partial charge in [-0.15, -0.1) is 0 Å². The number of hydrogen-bond donors (Lipinski definition) is 3. The van der Waals surface area contributed by atoms with Crippen LogP contribution in [0.3, 0.4) is 0 Å². The molecule has 6 heteroatoms. The van der Waals surface area contributed by atoms with Crippen LogP contribution in [0.2, 0.25) is 0 Å². The van der Waals surface area contributed by atoms with Gasteiger partial charge >= 0.3 is 5.97 Å². The second kappa shape index (κ2) is 6.19. The molecule has 0 saturated carbocycles. The van der Waals surface area contributed by atoms with Gasteiger partial charge in [0.05, 0.1) is 18.8 Å². The average Bonchev–Trinajstić information content (AvgIpc) is 2.34. The lowest BCUT2D eigenvalue weighted by Gasteiger charge is -2.18. The van der Waals surface area contributed by atoms with Crippen LogP contribution in [0, 0.1) is 6.92 Å². The van der Waals surface area contributed by atoms with Crippen LogP contribution in [0.25, 0.3) is 0 Å². The first kappa shape index (κ1) is 15.0. The predicted octanol–water partition coefficient (Wildman–Crippen LogP) is 0.567. The van der Waals surface area contributed by atoms with Crippen LogP contribution >= 0.6 is 0 Å². The van der Waals surface area contributed by atoms with E-state index in [1.54, 1.807) is 25.1 Å². The fourth-order valence-corrected chi connectivity index (χ4v) is 1.61. The molecule has 0 aliphatic carbocycles. The van der Waals surface area contributed by atoms with Crippen molar-refractivity contribution in [1.82, 2.24) is 5.32 Å². The van der Waals surface area contributed by atoms with E-state index in [2.05, 4.69) is 5.32 Å². The molecular weight excluding hydrogens is 250 g/mol. The van der Waals surface area contributed by atoms with Gasteiger partial charge in [0.1, 0.15) is 5.75 Å². The highest BCUT2D eigenvalue weighted by Gasteiger charge is 2.26. The van der Waals surface area contributed by atoms with Crippen LogP contribution in [-0.2, 0) is 4.79 Å². The normalized spacial score (nSPS) is 13.5. The summed E-state index contributed by atoms with van der Waals surface area (Å²) in [5.41, 5.74) is 1.07. The van der Waals surface area contributed by atoms with Gasteiger partial charge < -0.3 is 20.3 Å². The second-order valence-electron chi connectivity index (χ2n) is 4.23. The molecule has 19 heavy (non-hydrogen) atoms.